The van der Waals surface area contributed by atoms with Crippen LogP contribution in [-0.4, -0.2) is 42.0 Å². The van der Waals surface area contributed by atoms with Gasteiger partial charge in [0.15, 0.2) is 0 Å². The topological polar surface area (TPSA) is 103 Å². The maximum absolute atomic E-state index is 12.3. The third-order valence-corrected chi connectivity index (χ3v) is 5.11. The van der Waals surface area contributed by atoms with Crippen LogP contribution in [-0.2, 0) is 9.47 Å². The van der Waals surface area contributed by atoms with Crippen LogP contribution in [0.1, 0.15) is 37.8 Å². The summed E-state index contributed by atoms with van der Waals surface area (Å²) >= 11 is 4.98. The van der Waals surface area contributed by atoms with Crippen molar-refractivity contribution in [3.05, 3.63) is 59.7 Å². The quantitative estimate of drug-likeness (QED) is 0.591. The van der Waals surface area contributed by atoms with Crippen LogP contribution in [0.5, 0.6) is 0 Å². The Bertz CT molecular complexity index is 941. The number of fused-ring (bicyclic) bond motifs is 3. The summed E-state index contributed by atoms with van der Waals surface area (Å²) in [6, 6.07) is 15.4. The fourth-order valence-electron chi connectivity index (χ4n) is 3.51. The summed E-state index contributed by atoms with van der Waals surface area (Å²) in [6.45, 7) is 5.42. The van der Waals surface area contributed by atoms with Crippen LogP contribution in [0.4, 0.5) is 9.59 Å². The monoisotopic (exact) mass is 441 g/mol. The molecule has 0 aliphatic heterocycles. The summed E-state index contributed by atoms with van der Waals surface area (Å²) in [5.41, 5.74) is 9.59. The van der Waals surface area contributed by atoms with Gasteiger partial charge in [0, 0.05) is 12.5 Å². The van der Waals surface area contributed by atoms with E-state index in [0.717, 1.165) is 22.3 Å². The van der Waals surface area contributed by atoms with Crippen LogP contribution >= 0.6 is 12.2 Å². The van der Waals surface area contributed by atoms with Crippen LogP contribution in [0.3, 0.4) is 0 Å². The van der Waals surface area contributed by atoms with Crippen LogP contribution in [0.2, 0.25) is 0 Å². The molecule has 0 fully saturated rings. The molecule has 1 aliphatic rings. The van der Waals surface area contributed by atoms with Gasteiger partial charge in [-0.2, -0.15) is 0 Å². The zero-order valence-corrected chi connectivity index (χ0v) is 18.6. The predicted molar refractivity (Wildman–Crippen MR) is 123 cm³/mol. The molecule has 2 aromatic rings. The molecular weight excluding hydrogens is 414 g/mol. The van der Waals surface area contributed by atoms with Crippen LogP contribution in [0.15, 0.2) is 48.5 Å². The van der Waals surface area contributed by atoms with Gasteiger partial charge in [0.05, 0.1) is 11.0 Å². The SMILES string of the molecule is CC(C)(C)OC(=O)N[C@H](CNC(=O)OCC1c2ccccc2-c2ccccc21)C(N)=S. The third-order valence-electron chi connectivity index (χ3n) is 4.83. The van der Waals surface area contributed by atoms with Gasteiger partial charge in [-0.15, -0.1) is 0 Å². The van der Waals surface area contributed by atoms with Crippen molar-refractivity contribution in [1.82, 2.24) is 10.6 Å². The summed E-state index contributed by atoms with van der Waals surface area (Å²) in [6.07, 6.45) is -1.28. The molecule has 0 bridgehead atoms. The standard InChI is InChI=1S/C23H27N3O4S/c1-23(2,3)30-22(28)26-19(20(24)31)12-25-21(27)29-13-18-16-10-6-4-8-14(16)15-9-5-7-11-17(15)18/h4-11,18-19H,12-13H2,1-3H3,(H2,24,31)(H,25,27)(H,26,28)/t19-/m1/s1. The number of alkyl carbamates (subject to hydrolysis) is 2. The molecule has 8 heteroatoms. The number of rotatable bonds is 6. The van der Waals surface area contributed by atoms with Crippen molar-refractivity contribution in [3.8, 4) is 11.1 Å². The van der Waals surface area contributed by atoms with E-state index in [4.69, 9.17) is 27.4 Å². The van der Waals surface area contributed by atoms with Crippen molar-refractivity contribution in [2.75, 3.05) is 13.2 Å². The Balaban J connectivity index is 1.56. The highest BCUT2D eigenvalue weighted by Crippen LogP contribution is 2.44. The van der Waals surface area contributed by atoms with E-state index in [0.29, 0.717) is 0 Å². The molecule has 3 rings (SSSR count). The van der Waals surface area contributed by atoms with E-state index < -0.39 is 23.8 Å². The molecule has 0 saturated heterocycles. The van der Waals surface area contributed by atoms with Crippen molar-refractivity contribution in [1.29, 1.82) is 0 Å². The summed E-state index contributed by atoms with van der Waals surface area (Å²) in [5.74, 6) is -0.0376. The lowest BCUT2D eigenvalue weighted by molar-refractivity contribution is 0.0516. The Morgan fingerprint density at radius 2 is 1.58 bits per heavy atom. The highest BCUT2D eigenvalue weighted by atomic mass is 32.1. The molecule has 164 valence electrons. The summed E-state index contributed by atoms with van der Waals surface area (Å²) < 4.78 is 10.7. The maximum Gasteiger partial charge on any atom is 0.408 e. The van der Waals surface area contributed by atoms with Crippen molar-refractivity contribution in [3.63, 3.8) is 0 Å². The average molecular weight is 442 g/mol. The summed E-state index contributed by atoms with van der Waals surface area (Å²) in [5, 5.41) is 5.16. The second-order valence-electron chi connectivity index (χ2n) is 8.31. The van der Waals surface area contributed by atoms with Crippen LogP contribution in [0.25, 0.3) is 11.1 Å². The van der Waals surface area contributed by atoms with Gasteiger partial charge >= 0.3 is 12.2 Å². The molecule has 0 spiro atoms. The number of hydrogen-bond acceptors (Lipinski definition) is 5. The largest absolute Gasteiger partial charge is 0.449 e. The third kappa shape index (κ3) is 5.73. The number of nitrogens with two attached hydrogens (primary N) is 1. The molecule has 0 saturated carbocycles. The molecule has 2 amide bonds. The van der Waals surface area contributed by atoms with Gasteiger partial charge in [0.1, 0.15) is 12.2 Å². The van der Waals surface area contributed by atoms with Crippen molar-refractivity contribution >= 4 is 29.4 Å². The second-order valence-corrected chi connectivity index (χ2v) is 8.78. The smallest absolute Gasteiger partial charge is 0.408 e. The number of thiocarbonyl (C=S) groups is 1. The Kier molecular flexibility index (Phi) is 6.80. The van der Waals surface area contributed by atoms with Gasteiger partial charge in [-0.1, -0.05) is 60.7 Å². The molecule has 1 atom stereocenters. The van der Waals surface area contributed by atoms with Crippen molar-refractivity contribution < 1.29 is 19.1 Å². The minimum Gasteiger partial charge on any atom is -0.449 e. The van der Waals surface area contributed by atoms with E-state index in [1.807, 2.05) is 24.3 Å². The van der Waals surface area contributed by atoms with Gasteiger partial charge in [-0.3, -0.25) is 0 Å². The van der Waals surface area contributed by atoms with Gasteiger partial charge in [-0.25, -0.2) is 9.59 Å². The molecule has 1 aliphatic carbocycles. The first-order valence-corrected chi connectivity index (χ1v) is 10.4. The van der Waals surface area contributed by atoms with Gasteiger partial charge in [0.2, 0.25) is 0 Å². The first-order valence-electron chi connectivity index (χ1n) is 10.0. The minimum atomic E-state index is -0.759. The zero-order chi connectivity index (χ0) is 22.6. The Hall–Kier alpha value is -3.13. The number of hydrogen-bond donors (Lipinski definition) is 3. The highest BCUT2D eigenvalue weighted by Gasteiger charge is 2.29. The van der Waals surface area contributed by atoms with E-state index in [1.54, 1.807) is 20.8 Å². The van der Waals surface area contributed by atoms with E-state index in [2.05, 4.69) is 34.9 Å². The Morgan fingerprint density at radius 3 is 2.10 bits per heavy atom. The first-order chi connectivity index (χ1) is 14.7. The lowest BCUT2D eigenvalue weighted by Gasteiger charge is -2.23. The van der Waals surface area contributed by atoms with Crippen molar-refractivity contribution in [2.45, 2.75) is 38.3 Å². The van der Waals surface area contributed by atoms with E-state index in [1.165, 1.54) is 0 Å². The second kappa shape index (κ2) is 9.34. The lowest BCUT2D eigenvalue weighted by atomic mass is 9.98. The lowest BCUT2D eigenvalue weighted by Crippen LogP contribution is -2.51. The molecule has 0 radical (unpaired) electrons. The molecule has 0 unspecified atom stereocenters. The molecule has 7 nitrogen and oxygen atoms in total. The number of carbonyl (C=O) groups excluding carboxylic acids is 2. The summed E-state index contributed by atoms with van der Waals surface area (Å²) in [4.78, 5) is 24.3. The molecular formula is C23H27N3O4S. The molecule has 4 N–H and O–H groups in total. The number of amides is 2. The van der Waals surface area contributed by atoms with Crippen molar-refractivity contribution in [2.24, 2.45) is 5.73 Å². The van der Waals surface area contributed by atoms with Gasteiger partial charge < -0.3 is 25.8 Å². The Morgan fingerprint density at radius 1 is 1.03 bits per heavy atom. The number of nitrogens with one attached hydrogen (secondary N) is 2. The number of carbonyl (C=O) groups is 2. The molecule has 0 aromatic heterocycles. The highest BCUT2D eigenvalue weighted by molar-refractivity contribution is 7.80. The minimum absolute atomic E-state index is 0.00868. The average Bonchev–Trinajstić information content (AvgIpc) is 3.02. The fourth-order valence-corrected chi connectivity index (χ4v) is 3.65. The molecule has 31 heavy (non-hydrogen) atoms. The maximum atomic E-state index is 12.3. The summed E-state index contributed by atoms with van der Waals surface area (Å²) in [7, 11) is 0. The molecule has 0 heterocycles. The normalized spacial score (nSPS) is 13.5. The first kappa shape index (κ1) is 22.6. The number of ether oxygens (including phenoxy) is 2. The zero-order valence-electron chi connectivity index (χ0n) is 17.8. The number of benzene rings is 2. The van der Waals surface area contributed by atoms with Crippen LogP contribution in [0, 0.1) is 0 Å². The van der Waals surface area contributed by atoms with Crippen LogP contribution < -0.4 is 16.4 Å². The Labute approximate surface area is 187 Å². The van der Waals surface area contributed by atoms with E-state index >= 15 is 0 Å². The van der Waals surface area contributed by atoms with E-state index in [9.17, 15) is 9.59 Å². The predicted octanol–water partition coefficient (Wildman–Crippen LogP) is 3.70. The fraction of sp³-hybridized carbons (Fsp3) is 0.348. The van der Waals surface area contributed by atoms with E-state index in [-0.39, 0.29) is 24.1 Å². The molecule has 2 aromatic carbocycles. The van der Waals surface area contributed by atoms with Gasteiger partial charge in [0.25, 0.3) is 0 Å². The van der Waals surface area contributed by atoms with Gasteiger partial charge in [-0.05, 0) is 43.0 Å².